The summed E-state index contributed by atoms with van der Waals surface area (Å²) in [4.78, 5) is 0. The van der Waals surface area contributed by atoms with Gasteiger partial charge in [0.1, 0.15) is 0 Å². The van der Waals surface area contributed by atoms with Crippen molar-refractivity contribution in [1.29, 1.82) is 0 Å². The molecule has 0 amide bonds. The Morgan fingerprint density at radius 1 is 1.04 bits per heavy atom. The summed E-state index contributed by atoms with van der Waals surface area (Å²) < 4.78 is 7.53. The van der Waals surface area contributed by atoms with Crippen molar-refractivity contribution in [2.75, 3.05) is 0 Å². The summed E-state index contributed by atoms with van der Waals surface area (Å²) in [6.07, 6.45) is 9.01. The Morgan fingerprint density at radius 3 is 2.09 bits per heavy atom. The topological polar surface area (TPSA) is 13.1 Å². The Morgan fingerprint density at radius 2 is 1.65 bits per heavy atom. The van der Waals surface area contributed by atoms with Gasteiger partial charge in [0.25, 0.3) is 0 Å². The number of aryl methyl sites for hydroxylation is 1. The SMILES string of the molecule is BrN(Br)C1CCCCC1.Cn1cc(-c2ccccc2)n(C)[c]1=[Pt]. The van der Waals surface area contributed by atoms with Gasteiger partial charge in [-0.05, 0) is 12.8 Å². The first kappa shape index (κ1) is 19.4. The molecule has 0 spiro atoms. The zero-order chi connectivity index (χ0) is 16.8. The van der Waals surface area contributed by atoms with Gasteiger partial charge in [0.2, 0.25) is 0 Å². The van der Waals surface area contributed by atoms with Crippen LogP contribution < -0.4 is 0 Å². The zero-order valence-corrected chi connectivity index (χ0v) is 18.9. The number of nitrogens with zero attached hydrogens (tertiary/aromatic N) is 3. The van der Waals surface area contributed by atoms with Crippen LogP contribution in [0.1, 0.15) is 32.1 Å². The van der Waals surface area contributed by atoms with Crippen LogP contribution in [0.5, 0.6) is 0 Å². The first-order chi connectivity index (χ1) is 11.0. The number of aromatic nitrogens is 2. The second-order valence-electron chi connectivity index (χ2n) is 5.84. The van der Waals surface area contributed by atoms with E-state index in [0.29, 0.717) is 0 Å². The summed E-state index contributed by atoms with van der Waals surface area (Å²) in [6.45, 7) is 0. The minimum absolute atomic E-state index is 0.721. The van der Waals surface area contributed by atoms with Crippen LogP contribution >= 0.6 is 32.3 Å². The molecule has 2 aromatic rings. The Kier molecular flexibility index (Phi) is 8.00. The van der Waals surface area contributed by atoms with Gasteiger partial charge in [-0.3, -0.25) is 0 Å². The summed E-state index contributed by atoms with van der Waals surface area (Å²) in [7, 11) is 4.15. The van der Waals surface area contributed by atoms with E-state index in [1.165, 1.54) is 47.2 Å². The van der Waals surface area contributed by atoms with Gasteiger partial charge in [-0.15, -0.1) is 0 Å². The fraction of sp³-hybridized carbons (Fsp3) is 0.471. The number of hydrogen-bond acceptors (Lipinski definition) is 1. The molecule has 0 unspecified atom stereocenters. The second kappa shape index (κ2) is 9.50. The molecule has 3 nitrogen and oxygen atoms in total. The van der Waals surface area contributed by atoms with Gasteiger partial charge >= 0.3 is 94.2 Å². The molecule has 1 aromatic carbocycles. The van der Waals surface area contributed by atoms with Crippen LogP contribution in [0.25, 0.3) is 11.3 Å². The van der Waals surface area contributed by atoms with Crippen molar-refractivity contribution >= 4 is 32.3 Å². The molecule has 0 saturated heterocycles. The van der Waals surface area contributed by atoms with Crippen molar-refractivity contribution in [1.82, 2.24) is 12.1 Å². The summed E-state index contributed by atoms with van der Waals surface area (Å²) in [5, 5.41) is 0. The average Bonchev–Trinajstić information content (AvgIpc) is 2.84. The van der Waals surface area contributed by atoms with Crippen molar-refractivity contribution in [2.45, 2.75) is 38.1 Å². The summed E-state index contributed by atoms with van der Waals surface area (Å²) in [5.74, 6) is 0. The fourth-order valence-corrected chi connectivity index (χ4v) is 4.04. The number of halogens is 2. The molecule has 0 atom stereocenters. The van der Waals surface area contributed by atoms with Crippen molar-refractivity contribution in [3.63, 3.8) is 0 Å². The minimum atomic E-state index is 0.721. The maximum atomic E-state index is 3.39. The van der Waals surface area contributed by atoms with E-state index in [1.807, 2.05) is 9.02 Å². The number of rotatable bonds is 2. The molecule has 0 N–H and O–H groups in total. The van der Waals surface area contributed by atoms with Crippen molar-refractivity contribution < 1.29 is 19.4 Å². The summed E-state index contributed by atoms with van der Waals surface area (Å²) in [5.41, 5.74) is 2.51. The van der Waals surface area contributed by atoms with E-state index >= 15 is 0 Å². The quantitative estimate of drug-likeness (QED) is 0.411. The molecule has 1 aromatic heterocycles. The van der Waals surface area contributed by atoms with E-state index in [0.717, 1.165) is 6.04 Å². The molecular formula is C17H23Br2N3Pt. The van der Waals surface area contributed by atoms with E-state index in [2.05, 4.69) is 105 Å². The van der Waals surface area contributed by atoms with E-state index in [1.54, 1.807) is 0 Å². The van der Waals surface area contributed by atoms with Gasteiger partial charge in [0, 0.05) is 38.3 Å². The molecule has 0 radical (unpaired) electrons. The Bertz CT molecular complexity index is 658. The molecule has 1 heterocycles. The number of hydrogen-bond donors (Lipinski definition) is 0. The normalized spacial score (nSPS) is 15.4. The van der Waals surface area contributed by atoms with Gasteiger partial charge in [-0.2, -0.15) is 2.95 Å². The Balaban J connectivity index is 0.000000185. The molecule has 3 rings (SSSR count). The van der Waals surface area contributed by atoms with Crippen LogP contribution in [0.15, 0.2) is 36.5 Å². The number of benzene rings is 1. The third-order valence-corrected chi connectivity index (χ3v) is 6.84. The molecular weight excluding hydrogens is 601 g/mol. The molecule has 0 aliphatic heterocycles. The average molecular weight is 624 g/mol. The van der Waals surface area contributed by atoms with E-state index in [9.17, 15) is 0 Å². The molecule has 1 saturated carbocycles. The zero-order valence-electron chi connectivity index (χ0n) is 13.5. The predicted octanol–water partition coefficient (Wildman–Crippen LogP) is 5.35. The van der Waals surface area contributed by atoms with Gasteiger partial charge in [0.05, 0.1) is 0 Å². The second-order valence-corrected chi connectivity index (χ2v) is 9.34. The van der Waals surface area contributed by atoms with E-state index < -0.39 is 0 Å². The molecule has 130 valence electrons. The predicted molar refractivity (Wildman–Crippen MR) is 99.6 cm³/mol. The van der Waals surface area contributed by atoms with Crippen LogP contribution in [0, 0.1) is 3.80 Å². The first-order valence-electron chi connectivity index (χ1n) is 7.84. The van der Waals surface area contributed by atoms with Gasteiger partial charge in [-0.1, -0.05) is 19.3 Å². The van der Waals surface area contributed by atoms with Crippen molar-refractivity contribution in [3.8, 4) is 11.3 Å². The standard InChI is InChI=1S/C11H12N2.C6H11Br2N.Pt/c1-12-8-11(13(2)9-12)10-6-4-3-5-7-10;7-9(8)6-4-2-1-3-5-6;/h3-8H,1-2H3;6H,1-5H2;. The number of imidazole rings is 1. The maximum absolute atomic E-state index is 3.39. The molecule has 23 heavy (non-hydrogen) atoms. The van der Waals surface area contributed by atoms with Gasteiger partial charge in [0.15, 0.2) is 0 Å². The third kappa shape index (κ3) is 5.52. The molecule has 1 fully saturated rings. The molecule has 6 heteroatoms. The summed E-state index contributed by atoms with van der Waals surface area (Å²) >= 11 is 9.10. The van der Waals surface area contributed by atoms with Crippen LogP contribution in [0.3, 0.4) is 0 Å². The first-order valence-corrected chi connectivity index (χ1v) is 10.4. The molecule has 1 aliphatic rings. The molecule has 1 aliphatic carbocycles. The van der Waals surface area contributed by atoms with Crippen LogP contribution in [-0.2, 0) is 33.4 Å². The monoisotopic (exact) mass is 622 g/mol. The van der Waals surface area contributed by atoms with Crippen molar-refractivity contribution in [3.05, 3.63) is 40.3 Å². The van der Waals surface area contributed by atoms with Crippen LogP contribution in [0.4, 0.5) is 0 Å². The molecule has 0 bridgehead atoms. The van der Waals surface area contributed by atoms with E-state index in [-0.39, 0.29) is 0 Å². The van der Waals surface area contributed by atoms with Gasteiger partial charge in [-0.25, -0.2) is 0 Å². The fourth-order valence-electron chi connectivity index (χ4n) is 2.80. The third-order valence-electron chi connectivity index (χ3n) is 4.12. The Labute approximate surface area is 166 Å². The van der Waals surface area contributed by atoms with Gasteiger partial charge < -0.3 is 0 Å². The van der Waals surface area contributed by atoms with Crippen LogP contribution in [0.2, 0.25) is 0 Å². The van der Waals surface area contributed by atoms with E-state index in [4.69, 9.17) is 0 Å². The Hall–Kier alpha value is 0.0383. The van der Waals surface area contributed by atoms with Crippen LogP contribution in [-0.4, -0.2) is 18.1 Å². The van der Waals surface area contributed by atoms with Crippen molar-refractivity contribution in [2.24, 2.45) is 14.1 Å². The summed E-state index contributed by atoms with van der Waals surface area (Å²) in [6, 6.07) is 11.2.